The summed E-state index contributed by atoms with van der Waals surface area (Å²) < 4.78 is 87.9. The number of alkyl halides is 6. The number of carbonyl (C=O) groups is 2. The molecule has 47 heavy (non-hydrogen) atoms. The molecule has 3 atom stereocenters. The second-order valence-electron chi connectivity index (χ2n) is 12.5. The van der Waals surface area contributed by atoms with Crippen molar-refractivity contribution in [2.75, 3.05) is 11.5 Å². The van der Waals surface area contributed by atoms with Crippen molar-refractivity contribution in [2.45, 2.75) is 116 Å². The van der Waals surface area contributed by atoms with Crippen LogP contribution in [0.3, 0.4) is 0 Å². The molecule has 0 spiro atoms. The maximum atomic E-state index is 14.0. The number of rotatable bonds is 10. The van der Waals surface area contributed by atoms with Gasteiger partial charge in [0.1, 0.15) is 0 Å². The topological polar surface area (TPSA) is 75.6 Å². The fraction of sp³-hybridized carbons (Fsp3) is 0.636. The molecular formula is C33H41BrF6N4O3. The standard InChI is InChI=1S/C33H41BrF6N4O3/c1-4-26-15-28(16-27(5-2)44(26)30(46)22-9-7-20(8-10-22)13-29(45)47-6-3)43(31-41-17-25(34)18-42-31)19-21-11-23(32(35,36)37)14-24(12-21)33(38,39)40/h11-12,14,17-18,20,22,26-28H,4-10,13,15-16,19H2,1-3H3/t20?,22?,26-,27+,28+. The van der Waals surface area contributed by atoms with E-state index in [1.165, 1.54) is 12.4 Å². The Balaban J connectivity index is 1.60. The molecule has 2 fully saturated rings. The summed E-state index contributed by atoms with van der Waals surface area (Å²) in [6.07, 6.45) is -1.65. The average Bonchev–Trinajstić information content (AvgIpc) is 3.02. The third kappa shape index (κ3) is 9.38. The van der Waals surface area contributed by atoms with Crippen LogP contribution in [0.15, 0.2) is 35.1 Å². The molecule has 4 rings (SSSR count). The lowest BCUT2D eigenvalue weighted by Crippen LogP contribution is -2.58. The number of halogens is 7. The maximum Gasteiger partial charge on any atom is 0.416 e. The normalized spacial score (nSPS) is 23.8. The van der Waals surface area contributed by atoms with Crippen molar-refractivity contribution >= 4 is 33.8 Å². The predicted octanol–water partition coefficient (Wildman–Crippen LogP) is 8.59. The fourth-order valence-corrected chi connectivity index (χ4v) is 7.20. The van der Waals surface area contributed by atoms with Crippen molar-refractivity contribution in [2.24, 2.45) is 11.8 Å². The lowest BCUT2D eigenvalue weighted by atomic mass is 9.78. The molecule has 1 aliphatic heterocycles. The highest BCUT2D eigenvalue weighted by Gasteiger charge is 2.43. The summed E-state index contributed by atoms with van der Waals surface area (Å²) in [6.45, 7) is 5.76. The first-order chi connectivity index (χ1) is 22.1. The molecule has 7 nitrogen and oxygen atoms in total. The van der Waals surface area contributed by atoms with E-state index in [-0.39, 0.29) is 66.0 Å². The van der Waals surface area contributed by atoms with Crippen LogP contribution >= 0.6 is 15.9 Å². The van der Waals surface area contributed by atoms with Gasteiger partial charge < -0.3 is 14.5 Å². The van der Waals surface area contributed by atoms with E-state index in [2.05, 4.69) is 25.9 Å². The third-order valence-electron chi connectivity index (χ3n) is 9.33. The van der Waals surface area contributed by atoms with Gasteiger partial charge in [0.05, 0.1) is 22.2 Å². The van der Waals surface area contributed by atoms with Crippen molar-refractivity contribution in [3.05, 3.63) is 51.8 Å². The van der Waals surface area contributed by atoms with Crippen LogP contribution in [0.4, 0.5) is 32.3 Å². The number of anilines is 1. The Morgan fingerprint density at radius 2 is 1.43 bits per heavy atom. The van der Waals surface area contributed by atoms with Gasteiger partial charge in [-0.15, -0.1) is 0 Å². The molecule has 2 heterocycles. The van der Waals surface area contributed by atoms with Crippen molar-refractivity contribution in [1.82, 2.24) is 14.9 Å². The lowest BCUT2D eigenvalue weighted by Gasteiger charge is -2.49. The monoisotopic (exact) mass is 734 g/mol. The number of amides is 1. The van der Waals surface area contributed by atoms with Crippen LogP contribution in [0.1, 0.15) is 95.2 Å². The first-order valence-corrected chi connectivity index (χ1v) is 16.9. The summed E-state index contributed by atoms with van der Waals surface area (Å²) in [4.78, 5) is 38.4. The Kier molecular flexibility index (Phi) is 12.2. The number of benzene rings is 1. The molecule has 0 bridgehead atoms. The average molecular weight is 736 g/mol. The van der Waals surface area contributed by atoms with Gasteiger partial charge in [-0.3, -0.25) is 9.59 Å². The van der Waals surface area contributed by atoms with Crippen molar-refractivity contribution in [3.63, 3.8) is 0 Å². The molecule has 2 aromatic rings. The summed E-state index contributed by atoms with van der Waals surface area (Å²) in [5, 5.41) is 0. The number of esters is 1. The van der Waals surface area contributed by atoms with Gasteiger partial charge in [-0.05, 0) is 104 Å². The number of nitrogens with zero attached hydrogens (tertiary/aromatic N) is 4. The maximum absolute atomic E-state index is 14.0. The summed E-state index contributed by atoms with van der Waals surface area (Å²) in [7, 11) is 0. The van der Waals surface area contributed by atoms with Crippen LogP contribution in [-0.4, -0.2) is 51.5 Å². The van der Waals surface area contributed by atoms with E-state index < -0.39 is 23.5 Å². The molecule has 1 saturated heterocycles. The third-order valence-corrected chi connectivity index (χ3v) is 9.74. The molecule has 0 radical (unpaired) electrons. The van der Waals surface area contributed by atoms with E-state index in [1.807, 2.05) is 18.7 Å². The number of hydrogen-bond donors (Lipinski definition) is 0. The van der Waals surface area contributed by atoms with Gasteiger partial charge in [-0.1, -0.05) is 13.8 Å². The minimum atomic E-state index is -4.97. The first-order valence-electron chi connectivity index (χ1n) is 16.1. The number of ether oxygens (including phenoxy) is 1. The van der Waals surface area contributed by atoms with Gasteiger partial charge in [0.2, 0.25) is 11.9 Å². The van der Waals surface area contributed by atoms with Crippen LogP contribution in [0, 0.1) is 11.8 Å². The zero-order valence-electron chi connectivity index (χ0n) is 26.7. The van der Waals surface area contributed by atoms with E-state index >= 15 is 0 Å². The highest BCUT2D eigenvalue weighted by Crippen LogP contribution is 2.40. The Hall–Kier alpha value is -2.90. The second-order valence-corrected chi connectivity index (χ2v) is 13.4. The molecule has 14 heteroatoms. The zero-order valence-corrected chi connectivity index (χ0v) is 28.3. The van der Waals surface area contributed by atoms with Crippen molar-refractivity contribution < 1.29 is 40.7 Å². The molecule has 1 aromatic carbocycles. The van der Waals surface area contributed by atoms with Crippen LogP contribution in [0.2, 0.25) is 0 Å². The highest BCUT2D eigenvalue weighted by atomic mass is 79.9. The molecular weight excluding hydrogens is 694 g/mol. The Morgan fingerprint density at radius 1 is 0.894 bits per heavy atom. The Bertz CT molecular complexity index is 1320. The quantitative estimate of drug-likeness (QED) is 0.180. The summed E-state index contributed by atoms with van der Waals surface area (Å²) in [6, 6.07) is 0.847. The van der Waals surface area contributed by atoms with Crippen molar-refractivity contribution in [1.29, 1.82) is 0 Å². The minimum absolute atomic E-state index is 0.0656. The summed E-state index contributed by atoms with van der Waals surface area (Å²) >= 11 is 3.28. The molecule has 0 N–H and O–H groups in total. The van der Waals surface area contributed by atoms with Gasteiger partial charge in [0.15, 0.2) is 0 Å². The van der Waals surface area contributed by atoms with E-state index in [4.69, 9.17) is 4.74 Å². The largest absolute Gasteiger partial charge is 0.466 e. The molecule has 1 aromatic heterocycles. The number of likely N-dealkylation sites (tertiary alicyclic amines) is 1. The van der Waals surface area contributed by atoms with Crippen molar-refractivity contribution in [3.8, 4) is 0 Å². The highest BCUT2D eigenvalue weighted by molar-refractivity contribution is 9.10. The van der Waals surface area contributed by atoms with E-state index in [1.54, 1.807) is 11.8 Å². The van der Waals surface area contributed by atoms with Crippen LogP contribution < -0.4 is 4.90 Å². The SMILES string of the molecule is CCOC(=O)CC1CCC(C(=O)N2[C@H](CC)C[C@H](N(Cc3cc(C(F)(F)F)cc(C(F)(F)F)c3)c3ncc(Br)cn3)C[C@@H]2CC)CC1. The summed E-state index contributed by atoms with van der Waals surface area (Å²) in [5.41, 5.74) is -2.93. The molecule has 2 aliphatic rings. The van der Waals surface area contributed by atoms with E-state index in [0.29, 0.717) is 56.0 Å². The molecule has 1 aliphatic carbocycles. The van der Waals surface area contributed by atoms with Gasteiger partial charge in [-0.25, -0.2) is 9.97 Å². The number of hydrogen-bond acceptors (Lipinski definition) is 6. The van der Waals surface area contributed by atoms with Gasteiger partial charge in [0, 0.05) is 49.4 Å². The smallest absolute Gasteiger partial charge is 0.416 e. The van der Waals surface area contributed by atoms with Crippen LogP contribution in [-0.2, 0) is 33.2 Å². The van der Waals surface area contributed by atoms with Gasteiger partial charge in [-0.2, -0.15) is 26.3 Å². The molecule has 0 unspecified atom stereocenters. The number of aromatic nitrogens is 2. The van der Waals surface area contributed by atoms with Gasteiger partial charge >= 0.3 is 18.3 Å². The molecule has 260 valence electrons. The Morgan fingerprint density at radius 3 is 1.89 bits per heavy atom. The lowest BCUT2D eigenvalue weighted by molar-refractivity contribution is -0.146. The second kappa shape index (κ2) is 15.5. The zero-order chi connectivity index (χ0) is 34.5. The molecule has 1 amide bonds. The van der Waals surface area contributed by atoms with Crippen LogP contribution in [0.25, 0.3) is 0 Å². The molecule has 1 saturated carbocycles. The summed E-state index contributed by atoms with van der Waals surface area (Å²) in [5.74, 6) is 0.0239. The van der Waals surface area contributed by atoms with Crippen LogP contribution in [0.5, 0.6) is 0 Å². The first kappa shape index (κ1) is 36.9. The van der Waals surface area contributed by atoms with E-state index in [9.17, 15) is 35.9 Å². The Labute approximate surface area is 279 Å². The van der Waals surface area contributed by atoms with Gasteiger partial charge in [0.25, 0.3) is 0 Å². The van der Waals surface area contributed by atoms with E-state index in [0.717, 1.165) is 25.0 Å². The number of piperidine rings is 1. The number of carbonyl (C=O) groups excluding carboxylic acids is 2. The fourth-order valence-electron chi connectivity index (χ4n) is 6.99. The predicted molar refractivity (Wildman–Crippen MR) is 167 cm³/mol. The minimum Gasteiger partial charge on any atom is -0.466 e.